The van der Waals surface area contributed by atoms with Crippen molar-refractivity contribution < 1.29 is 4.52 Å². The van der Waals surface area contributed by atoms with E-state index >= 15 is 0 Å². The summed E-state index contributed by atoms with van der Waals surface area (Å²) in [5, 5.41) is 4.02. The number of hydrogen-bond acceptors (Lipinski definition) is 5. The average molecular weight is 297 g/mol. The predicted octanol–water partition coefficient (Wildman–Crippen LogP) is 3.92. The van der Waals surface area contributed by atoms with E-state index < -0.39 is 0 Å². The Morgan fingerprint density at radius 2 is 1.95 bits per heavy atom. The fourth-order valence-corrected chi connectivity index (χ4v) is 2.66. The van der Waals surface area contributed by atoms with E-state index in [4.69, 9.17) is 10.3 Å². The second kappa shape index (κ2) is 6.01. The highest BCUT2D eigenvalue weighted by molar-refractivity contribution is 7.98. The summed E-state index contributed by atoms with van der Waals surface area (Å²) in [7, 11) is 0. The van der Waals surface area contributed by atoms with Crippen molar-refractivity contribution >= 4 is 17.4 Å². The smallest absolute Gasteiger partial charge is 0.257 e. The molecule has 0 spiro atoms. The van der Waals surface area contributed by atoms with Crippen molar-refractivity contribution in [2.24, 2.45) is 0 Å². The Kier molecular flexibility index (Phi) is 3.92. The number of thioether (sulfide) groups is 1. The molecule has 3 rings (SSSR count). The molecule has 1 heterocycles. The number of nitrogens with two attached hydrogens (primary N) is 1. The van der Waals surface area contributed by atoms with Crippen molar-refractivity contribution in [3.8, 4) is 11.5 Å². The first-order valence-corrected chi connectivity index (χ1v) is 7.57. The van der Waals surface area contributed by atoms with Crippen molar-refractivity contribution in [3.05, 3.63) is 59.9 Å². The first-order chi connectivity index (χ1) is 10.2. The largest absolute Gasteiger partial charge is 0.399 e. The van der Waals surface area contributed by atoms with E-state index in [2.05, 4.69) is 10.1 Å². The normalized spacial score (nSPS) is 10.7. The van der Waals surface area contributed by atoms with E-state index in [9.17, 15) is 0 Å². The molecule has 0 amide bonds. The molecule has 2 aromatic carbocycles. The molecule has 0 radical (unpaired) electrons. The number of benzene rings is 2. The maximum Gasteiger partial charge on any atom is 0.257 e. The number of hydrogen-bond donors (Lipinski definition) is 1. The third kappa shape index (κ3) is 3.44. The van der Waals surface area contributed by atoms with Gasteiger partial charge in [-0.15, -0.1) is 11.8 Å². The van der Waals surface area contributed by atoms with E-state index in [0.29, 0.717) is 17.5 Å². The zero-order valence-corrected chi connectivity index (χ0v) is 12.4. The highest BCUT2D eigenvalue weighted by Crippen LogP contribution is 2.24. The van der Waals surface area contributed by atoms with Gasteiger partial charge in [0.25, 0.3) is 5.89 Å². The minimum absolute atomic E-state index is 0.562. The molecule has 0 saturated carbocycles. The molecule has 4 nitrogen and oxygen atoms in total. The van der Waals surface area contributed by atoms with Crippen LogP contribution in [0.2, 0.25) is 0 Å². The number of nitrogen functional groups attached to an aromatic ring is 1. The van der Waals surface area contributed by atoms with E-state index in [1.165, 1.54) is 5.56 Å². The first-order valence-electron chi connectivity index (χ1n) is 6.59. The molecule has 0 aliphatic heterocycles. The van der Waals surface area contributed by atoms with Gasteiger partial charge >= 0.3 is 0 Å². The van der Waals surface area contributed by atoms with Crippen LogP contribution in [0.15, 0.2) is 57.9 Å². The fourth-order valence-electron chi connectivity index (χ4n) is 1.92. The zero-order valence-electron chi connectivity index (χ0n) is 11.6. The lowest BCUT2D eigenvalue weighted by Gasteiger charge is -1.98. The number of nitrogens with zero attached hydrogens (tertiary/aromatic N) is 2. The molecule has 0 unspecified atom stereocenters. The highest BCUT2D eigenvalue weighted by Gasteiger charge is 2.09. The van der Waals surface area contributed by atoms with Crippen LogP contribution >= 0.6 is 11.8 Å². The van der Waals surface area contributed by atoms with Gasteiger partial charge in [0.1, 0.15) is 0 Å². The topological polar surface area (TPSA) is 64.9 Å². The molecule has 0 bridgehead atoms. The van der Waals surface area contributed by atoms with Gasteiger partial charge < -0.3 is 10.3 Å². The Labute approximate surface area is 127 Å². The van der Waals surface area contributed by atoms with Gasteiger partial charge in [0.2, 0.25) is 0 Å². The highest BCUT2D eigenvalue weighted by atomic mass is 32.2. The maximum atomic E-state index is 5.66. The Bertz CT molecular complexity index is 737. The minimum atomic E-state index is 0.562. The quantitative estimate of drug-likeness (QED) is 0.584. The first kappa shape index (κ1) is 13.7. The second-order valence-corrected chi connectivity index (χ2v) is 5.79. The van der Waals surface area contributed by atoms with Crippen LogP contribution in [0, 0.1) is 6.92 Å². The maximum absolute atomic E-state index is 5.66. The van der Waals surface area contributed by atoms with Crippen LogP contribution in [0.4, 0.5) is 5.69 Å². The van der Waals surface area contributed by atoms with Crippen LogP contribution in [0.1, 0.15) is 11.4 Å². The van der Waals surface area contributed by atoms with Gasteiger partial charge in [-0.2, -0.15) is 4.98 Å². The Hall–Kier alpha value is -2.27. The number of anilines is 1. The van der Waals surface area contributed by atoms with E-state index in [0.717, 1.165) is 16.1 Å². The SMILES string of the molecule is Cc1cccc(-c2nc(CSc3ccc(N)cc3)no2)c1. The fraction of sp³-hybridized carbons (Fsp3) is 0.125. The van der Waals surface area contributed by atoms with Crippen LogP contribution < -0.4 is 5.73 Å². The van der Waals surface area contributed by atoms with Gasteiger partial charge in [-0.3, -0.25) is 0 Å². The monoisotopic (exact) mass is 297 g/mol. The third-order valence-corrected chi connectivity index (χ3v) is 3.99. The minimum Gasteiger partial charge on any atom is -0.399 e. The standard InChI is InChI=1S/C16H15N3OS/c1-11-3-2-4-12(9-11)16-18-15(19-20-16)10-21-14-7-5-13(17)6-8-14/h2-9H,10,17H2,1H3. The van der Waals surface area contributed by atoms with Crippen LogP contribution in [0.5, 0.6) is 0 Å². The summed E-state index contributed by atoms with van der Waals surface area (Å²) in [6.45, 7) is 2.04. The van der Waals surface area contributed by atoms with Crippen LogP contribution in [0.25, 0.3) is 11.5 Å². The molecule has 2 N–H and O–H groups in total. The van der Waals surface area contributed by atoms with Crippen LogP contribution in [-0.2, 0) is 5.75 Å². The summed E-state index contributed by atoms with van der Waals surface area (Å²) in [5.41, 5.74) is 8.55. The Balaban J connectivity index is 1.69. The van der Waals surface area contributed by atoms with E-state index in [1.807, 2.05) is 55.5 Å². The molecular formula is C16H15N3OS. The van der Waals surface area contributed by atoms with Crippen LogP contribution in [-0.4, -0.2) is 10.1 Å². The predicted molar refractivity (Wildman–Crippen MR) is 84.9 cm³/mol. The molecular weight excluding hydrogens is 282 g/mol. The van der Waals surface area contributed by atoms with Crippen molar-refractivity contribution in [3.63, 3.8) is 0 Å². The van der Waals surface area contributed by atoms with Gasteiger partial charge in [0.05, 0.1) is 5.75 Å². The molecule has 0 saturated heterocycles. The summed E-state index contributed by atoms with van der Waals surface area (Å²) in [4.78, 5) is 5.56. The molecule has 0 aliphatic carbocycles. The van der Waals surface area contributed by atoms with Gasteiger partial charge in [-0.05, 0) is 43.3 Å². The van der Waals surface area contributed by atoms with Crippen molar-refractivity contribution in [1.82, 2.24) is 10.1 Å². The van der Waals surface area contributed by atoms with E-state index in [-0.39, 0.29) is 0 Å². The number of aromatic nitrogens is 2. The second-order valence-electron chi connectivity index (χ2n) is 4.74. The summed E-state index contributed by atoms with van der Waals surface area (Å²) in [6, 6.07) is 15.8. The Morgan fingerprint density at radius 1 is 1.14 bits per heavy atom. The van der Waals surface area contributed by atoms with Gasteiger partial charge in [-0.25, -0.2) is 0 Å². The lowest BCUT2D eigenvalue weighted by Crippen LogP contribution is -1.86. The van der Waals surface area contributed by atoms with Crippen molar-refractivity contribution in [2.75, 3.05) is 5.73 Å². The molecule has 3 aromatic rings. The molecule has 1 aromatic heterocycles. The van der Waals surface area contributed by atoms with Crippen molar-refractivity contribution in [1.29, 1.82) is 0 Å². The van der Waals surface area contributed by atoms with Gasteiger partial charge in [0, 0.05) is 16.1 Å². The molecule has 0 fully saturated rings. The molecule has 106 valence electrons. The molecule has 21 heavy (non-hydrogen) atoms. The number of rotatable bonds is 4. The summed E-state index contributed by atoms with van der Waals surface area (Å²) < 4.78 is 5.32. The zero-order chi connectivity index (χ0) is 14.7. The molecule has 0 aliphatic rings. The van der Waals surface area contributed by atoms with Gasteiger partial charge in [0.15, 0.2) is 5.82 Å². The van der Waals surface area contributed by atoms with E-state index in [1.54, 1.807) is 11.8 Å². The summed E-state index contributed by atoms with van der Waals surface area (Å²) in [5.74, 6) is 1.92. The van der Waals surface area contributed by atoms with Crippen LogP contribution in [0.3, 0.4) is 0 Å². The molecule has 0 atom stereocenters. The summed E-state index contributed by atoms with van der Waals surface area (Å²) in [6.07, 6.45) is 0. The average Bonchev–Trinajstić information content (AvgIpc) is 2.96. The lowest BCUT2D eigenvalue weighted by molar-refractivity contribution is 0.425. The molecule has 5 heteroatoms. The number of aryl methyl sites for hydroxylation is 1. The summed E-state index contributed by atoms with van der Waals surface area (Å²) >= 11 is 1.65. The van der Waals surface area contributed by atoms with Crippen molar-refractivity contribution in [2.45, 2.75) is 17.6 Å². The lowest BCUT2D eigenvalue weighted by atomic mass is 10.1. The third-order valence-electron chi connectivity index (χ3n) is 2.98. The van der Waals surface area contributed by atoms with Gasteiger partial charge in [-0.1, -0.05) is 22.9 Å². The Morgan fingerprint density at radius 3 is 2.71 bits per heavy atom.